The molecule has 0 bridgehead atoms. The summed E-state index contributed by atoms with van der Waals surface area (Å²) in [5.41, 5.74) is -3.60. The molecule has 1 aromatic carbocycles. The molecule has 0 aliphatic rings. The predicted octanol–water partition coefficient (Wildman–Crippen LogP) is 4.45. The van der Waals surface area contributed by atoms with Gasteiger partial charge in [0.05, 0.1) is 16.8 Å². The van der Waals surface area contributed by atoms with Crippen LogP contribution in [0.25, 0.3) is 0 Å². The van der Waals surface area contributed by atoms with Gasteiger partial charge < -0.3 is 5.32 Å². The van der Waals surface area contributed by atoms with Gasteiger partial charge in [-0.25, -0.2) is 0 Å². The highest BCUT2D eigenvalue weighted by atomic mass is 79.9. The summed E-state index contributed by atoms with van der Waals surface area (Å²) < 4.78 is 74.9. The summed E-state index contributed by atoms with van der Waals surface area (Å²) in [5.74, 6) is -0.902. The molecule has 1 rings (SSSR count). The van der Waals surface area contributed by atoms with Crippen LogP contribution in [0.15, 0.2) is 16.6 Å². The van der Waals surface area contributed by atoms with Crippen molar-refractivity contribution in [3.8, 4) is 0 Å². The number of rotatable bonds is 1. The van der Waals surface area contributed by atoms with Crippen LogP contribution in [0.3, 0.4) is 0 Å². The fraction of sp³-hybridized carbons (Fsp3) is 0.300. The Morgan fingerprint density at radius 3 is 1.89 bits per heavy atom. The third kappa shape index (κ3) is 3.85. The highest BCUT2D eigenvalue weighted by Gasteiger charge is 2.39. The van der Waals surface area contributed by atoms with Crippen LogP contribution in [0.1, 0.15) is 18.1 Å². The second kappa shape index (κ2) is 5.03. The number of hydrogen-bond acceptors (Lipinski definition) is 1. The van der Waals surface area contributed by atoms with Crippen LogP contribution in [-0.2, 0) is 17.1 Å². The van der Waals surface area contributed by atoms with Gasteiger partial charge >= 0.3 is 12.4 Å². The molecule has 0 fully saturated rings. The van der Waals surface area contributed by atoms with E-state index in [1.54, 1.807) is 5.32 Å². The number of carbonyl (C=O) groups is 1. The molecule has 0 spiro atoms. The molecule has 106 valence electrons. The Labute approximate surface area is 111 Å². The van der Waals surface area contributed by atoms with E-state index < -0.39 is 39.5 Å². The van der Waals surface area contributed by atoms with E-state index in [9.17, 15) is 31.1 Å². The van der Waals surface area contributed by atoms with Crippen molar-refractivity contribution in [3.63, 3.8) is 0 Å². The Kier molecular flexibility index (Phi) is 4.18. The molecular weight excluding hydrogens is 344 g/mol. The molecule has 1 N–H and O–H groups in total. The zero-order chi connectivity index (χ0) is 15.0. The minimum Gasteiger partial charge on any atom is -0.326 e. The molecule has 1 aromatic rings. The first-order valence-electron chi connectivity index (χ1n) is 4.68. The van der Waals surface area contributed by atoms with Crippen LogP contribution < -0.4 is 5.32 Å². The average Bonchev–Trinajstić information content (AvgIpc) is 2.16. The minimum absolute atomic E-state index is 0.244. The Morgan fingerprint density at radius 1 is 1.05 bits per heavy atom. The van der Waals surface area contributed by atoms with Gasteiger partial charge in [0.1, 0.15) is 0 Å². The third-order valence-corrected chi connectivity index (χ3v) is 2.68. The van der Waals surface area contributed by atoms with Gasteiger partial charge in [-0.3, -0.25) is 4.79 Å². The number of amides is 1. The molecular formula is C10H6BrF6NO. The van der Waals surface area contributed by atoms with Crippen LogP contribution in [0.2, 0.25) is 0 Å². The van der Waals surface area contributed by atoms with Gasteiger partial charge in [-0.1, -0.05) is 15.9 Å². The first kappa shape index (κ1) is 15.8. The van der Waals surface area contributed by atoms with Crippen molar-refractivity contribution >= 4 is 27.5 Å². The van der Waals surface area contributed by atoms with Crippen molar-refractivity contribution in [1.29, 1.82) is 0 Å². The smallest absolute Gasteiger partial charge is 0.326 e. The Bertz CT molecular complexity index is 508. The SMILES string of the molecule is CC(=O)Nc1cc(C(F)(F)F)c(Br)cc1C(F)(F)F. The molecule has 0 heterocycles. The summed E-state index contributed by atoms with van der Waals surface area (Å²) in [5, 5.41) is 1.74. The number of anilines is 1. The molecule has 0 saturated carbocycles. The van der Waals surface area contributed by atoms with Crippen molar-refractivity contribution in [2.45, 2.75) is 19.3 Å². The minimum atomic E-state index is -4.88. The second-order valence-electron chi connectivity index (χ2n) is 3.55. The summed E-state index contributed by atoms with van der Waals surface area (Å²) in [7, 11) is 0. The highest BCUT2D eigenvalue weighted by Crippen LogP contribution is 2.42. The van der Waals surface area contributed by atoms with Crippen LogP contribution in [0, 0.1) is 0 Å². The van der Waals surface area contributed by atoms with Gasteiger partial charge in [-0.15, -0.1) is 0 Å². The van der Waals surface area contributed by atoms with Gasteiger partial charge in [0, 0.05) is 11.4 Å². The topological polar surface area (TPSA) is 29.1 Å². The average molecular weight is 350 g/mol. The Morgan fingerprint density at radius 2 is 1.53 bits per heavy atom. The number of benzene rings is 1. The highest BCUT2D eigenvalue weighted by molar-refractivity contribution is 9.10. The Hall–Kier alpha value is -1.25. The molecule has 0 saturated heterocycles. The summed E-state index contributed by atoms with van der Waals surface area (Å²) in [6.07, 6.45) is -9.72. The Balaban J connectivity index is 3.50. The molecule has 19 heavy (non-hydrogen) atoms. The van der Waals surface area contributed by atoms with Crippen LogP contribution >= 0.6 is 15.9 Å². The summed E-state index contributed by atoms with van der Waals surface area (Å²) in [6, 6.07) is 0.530. The van der Waals surface area contributed by atoms with Crippen LogP contribution in [0.5, 0.6) is 0 Å². The van der Waals surface area contributed by atoms with Gasteiger partial charge in [-0.2, -0.15) is 26.3 Å². The second-order valence-corrected chi connectivity index (χ2v) is 4.41. The van der Waals surface area contributed by atoms with Crippen molar-refractivity contribution in [3.05, 3.63) is 27.7 Å². The maximum absolute atomic E-state index is 12.7. The zero-order valence-corrected chi connectivity index (χ0v) is 10.8. The van der Waals surface area contributed by atoms with Crippen molar-refractivity contribution in [1.82, 2.24) is 0 Å². The standard InChI is InChI=1S/C10H6BrF6NO/c1-4(19)18-8-3-5(9(12,13)14)7(11)2-6(8)10(15,16)17/h2-3H,1H3,(H,18,19). The fourth-order valence-corrected chi connectivity index (χ4v) is 1.89. The lowest BCUT2D eigenvalue weighted by Gasteiger charge is -2.17. The largest absolute Gasteiger partial charge is 0.418 e. The van der Waals surface area contributed by atoms with E-state index in [1.807, 2.05) is 0 Å². The van der Waals surface area contributed by atoms with Crippen LogP contribution in [0.4, 0.5) is 32.0 Å². The fourth-order valence-electron chi connectivity index (χ4n) is 1.32. The van der Waals surface area contributed by atoms with Gasteiger partial charge in [0.2, 0.25) is 5.91 Å². The summed E-state index contributed by atoms with van der Waals surface area (Å²) in [4.78, 5) is 10.8. The first-order valence-corrected chi connectivity index (χ1v) is 5.47. The van der Waals surface area contributed by atoms with Crippen molar-refractivity contribution in [2.75, 3.05) is 5.32 Å². The number of carbonyl (C=O) groups excluding carboxylic acids is 1. The molecule has 2 nitrogen and oxygen atoms in total. The molecule has 0 aliphatic carbocycles. The number of nitrogens with one attached hydrogen (secondary N) is 1. The lowest BCUT2D eigenvalue weighted by molar-refractivity contribution is -0.141. The number of alkyl halides is 6. The van der Waals surface area contributed by atoms with Crippen LogP contribution in [-0.4, -0.2) is 5.91 Å². The third-order valence-electron chi connectivity index (χ3n) is 2.03. The summed E-state index contributed by atoms with van der Waals surface area (Å²) >= 11 is 2.44. The van der Waals surface area contributed by atoms with Gasteiger partial charge in [0.25, 0.3) is 0 Å². The lowest BCUT2D eigenvalue weighted by atomic mass is 10.1. The zero-order valence-electron chi connectivity index (χ0n) is 9.21. The van der Waals surface area contributed by atoms with E-state index >= 15 is 0 Å². The molecule has 0 radical (unpaired) electrons. The van der Waals surface area contributed by atoms with Crippen molar-refractivity contribution in [2.24, 2.45) is 0 Å². The lowest BCUT2D eigenvalue weighted by Crippen LogP contribution is -2.16. The normalized spacial score (nSPS) is 12.4. The molecule has 0 unspecified atom stereocenters. The van der Waals surface area contributed by atoms with E-state index in [1.165, 1.54) is 0 Å². The quantitative estimate of drug-likeness (QED) is 0.746. The van der Waals surface area contributed by atoms with E-state index in [-0.39, 0.29) is 12.1 Å². The molecule has 9 heteroatoms. The van der Waals surface area contributed by atoms with Crippen molar-refractivity contribution < 1.29 is 31.1 Å². The monoisotopic (exact) mass is 349 g/mol. The predicted molar refractivity (Wildman–Crippen MR) is 58.4 cm³/mol. The first-order chi connectivity index (χ1) is 8.43. The summed E-state index contributed by atoms with van der Waals surface area (Å²) in [6.45, 7) is 0.898. The molecule has 1 amide bonds. The van der Waals surface area contributed by atoms with E-state index in [2.05, 4.69) is 15.9 Å². The maximum atomic E-state index is 12.7. The van der Waals surface area contributed by atoms with E-state index in [0.29, 0.717) is 0 Å². The van der Waals surface area contributed by atoms with E-state index in [0.717, 1.165) is 6.92 Å². The van der Waals surface area contributed by atoms with E-state index in [4.69, 9.17) is 0 Å². The molecule has 0 aliphatic heterocycles. The number of hydrogen-bond donors (Lipinski definition) is 1. The molecule has 0 aromatic heterocycles. The van der Waals surface area contributed by atoms with Gasteiger partial charge in [0.15, 0.2) is 0 Å². The van der Waals surface area contributed by atoms with Gasteiger partial charge in [-0.05, 0) is 12.1 Å². The number of halogens is 7. The molecule has 0 atom stereocenters. The maximum Gasteiger partial charge on any atom is 0.418 e.